The third-order valence-corrected chi connectivity index (χ3v) is 5.00. The van der Waals surface area contributed by atoms with E-state index in [0.717, 1.165) is 28.8 Å². The third kappa shape index (κ3) is 6.86. The summed E-state index contributed by atoms with van der Waals surface area (Å²) in [6.07, 6.45) is 0. The molecule has 2 aromatic rings. The molecule has 0 fully saturated rings. The summed E-state index contributed by atoms with van der Waals surface area (Å²) in [5, 5.41) is 7.64. The fourth-order valence-electron chi connectivity index (χ4n) is 2.18. The Kier molecular flexibility index (Phi) is 8.22. The van der Waals surface area contributed by atoms with E-state index in [1.165, 1.54) is 5.56 Å². The van der Waals surface area contributed by atoms with E-state index in [9.17, 15) is 4.79 Å². The highest BCUT2D eigenvalue weighted by atomic mass is 35.5. The van der Waals surface area contributed by atoms with E-state index in [2.05, 4.69) is 16.7 Å². The van der Waals surface area contributed by atoms with Crippen molar-refractivity contribution in [3.05, 3.63) is 64.7 Å². The fraction of sp³-hybridized carbons (Fsp3) is 0.263. The molecule has 0 heterocycles. The van der Waals surface area contributed by atoms with Crippen LogP contribution in [0.15, 0.2) is 48.5 Å². The first-order valence-corrected chi connectivity index (χ1v) is 10.1. The Morgan fingerprint density at radius 1 is 1.19 bits per heavy atom. The summed E-state index contributed by atoms with van der Waals surface area (Å²) < 4.78 is 0. The maximum atomic E-state index is 11.9. The molecule has 2 rings (SSSR count). The standard InChI is InChI=1S/C19H22ClN3OS2/c1-23(2)18(24)15-6-8-17(9-7-15)22-19(25)21-10-11-26-13-14-4-3-5-16(20)12-14/h3-9,12H,10-11,13H2,1-2H3,(H2,21,22,25). The molecule has 4 nitrogen and oxygen atoms in total. The predicted octanol–water partition coefficient (Wildman–Crippen LogP) is 4.26. The van der Waals surface area contributed by atoms with Crippen LogP contribution in [0.5, 0.6) is 0 Å². The van der Waals surface area contributed by atoms with E-state index >= 15 is 0 Å². The molecule has 0 aromatic heterocycles. The van der Waals surface area contributed by atoms with Crippen molar-refractivity contribution in [3.8, 4) is 0 Å². The first-order chi connectivity index (χ1) is 12.5. The molecule has 0 spiro atoms. The van der Waals surface area contributed by atoms with E-state index < -0.39 is 0 Å². The van der Waals surface area contributed by atoms with Crippen LogP contribution >= 0.6 is 35.6 Å². The second-order valence-electron chi connectivity index (χ2n) is 5.84. The number of hydrogen-bond acceptors (Lipinski definition) is 3. The molecule has 0 radical (unpaired) electrons. The second kappa shape index (κ2) is 10.4. The monoisotopic (exact) mass is 407 g/mol. The average molecular weight is 408 g/mol. The highest BCUT2D eigenvalue weighted by Crippen LogP contribution is 2.16. The van der Waals surface area contributed by atoms with Crippen LogP contribution in [-0.4, -0.2) is 42.3 Å². The summed E-state index contributed by atoms with van der Waals surface area (Å²) in [5.74, 6) is 1.84. The van der Waals surface area contributed by atoms with Crippen LogP contribution < -0.4 is 10.6 Å². The highest BCUT2D eigenvalue weighted by molar-refractivity contribution is 7.98. The van der Waals surface area contributed by atoms with Crippen LogP contribution in [0.2, 0.25) is 5.02 Å². The second-order valence-corrected chi connectivity index (χ2v) is 7.79. The molecule has 0 aliphatic carbocycles. The van der Waals surface area contributed by atoms with Gasteiger partial charge in [0, 0.05) is 48.4 Å². The normalized spacial score (nSPS) is 10.3. The molecule has 2 N–H and O–H groups in total. The number of amides is 1. The molecular weight excluding hydrogens is 386 g/mol. The number of hydrogen-bond donors (Lipinski definition) is 2. The third-order valence-electron chi connectivity index (χ3n) is 3.49. The first-order valence-electron chi connectivity index (χ1n) is 8.14. The van der Waals surface area contributed by atoms with Crippen LogP contribution in [0.25, 0.3) is 0 Å². The molecule has 0 saturated heterocycles. The molecular formula is C19H22ClN3OS2. The van der Waals surface area contributed by atoms with Gasteiger partial charge in [0.15, 0.2) is 5.11 Å². The molecule has 0 bridgehead atoms. The van der Waals surface area contributed by atoms with E-state index in [-0.39, 0.29) is 5.91 Å². The van der Waals surface area contributed by atoms with Crippen molar-refractivity contribution in [2.75, 3.05) is 31.7 Å². The molecule has 26 heavy (non-hydrogen) atoms. The van der Waals surface area contributed by atoms with Gasteiger partial charge in [-0.3, -0.25) is 4.79 Å². The molecule has 0 saturated carbocycles. The lowest BCUT2D eigenvalue weighted by Crippen LogP contribution is -2.30. The number of carbonyl (C=O) groups excluding carboxylic acids is 1. The van der Waals surface area contributed by atoms with E-state index in [1.54, 1.807) is 31.1 Å². The number of thiocarbonyl (C=S) groups is 1. The van der Waals surface area contributed by atoms with Gasteiger partial charge in [-0.25, -0.2) is 0 Å². The quantitative estimate of drug-likeness (QED) is 0.530. The van der Waals surface area contributed by atoms with Crippen molar-refractivity contribution in [2.24, 2.45) is 0 Å². The van der Waals surface area contributed by atoms with Crippen LogP contribution in [0.3, 0.4) is 0 Å². The van der Waals surface area contributed by atoms with Crippen LogP contribution in [0.4, 0.5) is 5.69 Å². The van der Waals surface area contributed by atoms with Crippen LogP contribution in [0.1, 0.15) is 15.9 Å². The number of thioether (sulfide) groups is 1. The van der Waals surface area contributed by atoms with Crippen molar-refractivity contribution < 1.29 is 4.79 Å². The van der Waals surface area contributed by atoms with Gasteiger partial charge in [0.1, 0.15) is 0 Å². The smallest absolute Gasteiger partial charge is 0.253 e. The van der Waals surface area contributed by atoms with Crippen molar-refractivity contribution in [2.45, 2.75) is 5.75 Å². The van der Waals surface area contributed by atoms with Gasteiger partial charge in [-0.15, -0.1) is 0 Å². The van der Waals surface area contributed by atoms with E-state index in [0.29, 0.717) is 10.7 Å². The Morgan fingerprint density at radius 2 is 1.92 bits per heavy atom. The molecule has 0 unspecified atom stereocenters. The Hall–Kier alpha value is -1.76. The minimum Gasteiger partial charge on any atom is -0.362 e. The van der Waals surface area contributed by atoms with Crippen molar-refractivity contribution in [3.63, 3.8) is 0 Å². The van der Waals surface area contributed by atoms with Gasteiger partial charge in [-0.2, -0.15) is 11.8 Å². The molecule has 0 atom stereocenters. The number of nitrogens with zero attached hydrogens (tertiary/aromatic N) is 1. The number of halogens is 1. The SMILES string of the molecule is CN(C)C(=O)c1ccc(NC(=S)NCCSCc2cccc(Cl)c2)cc1. The average Bonchev–Trinajstić information content (AvgIpc) is 2.61. The molecule has 138 valence electrons. The number of benzene rings is 2. The molecule has 1 amide bonds. The lowest BCUT2D eigenvalue weighted by atomic mass is 10.2. The number of anilines is 1. The zero-order valence-electron chi connectivity index (χ0n) is 14.8. The summed E-state index contributed by atoms with van der Waals surface area (Å²) in [4.78, 5) is 13.4. The number of carbonyl (C=O) groups is 1. The predicted molar refractivity (Wildman–Crippen MR) is 116 cm³/mol. The Labute approximate surface area is 169 Å². The van der Waals surface area contributed by atoms with Gasteiger partial charge in [0.2, 0.25) is 0 Å². The van der Waals surface area contributed by atoms with Crippen molar-refractivity contribution in [1.82, 2.24) is 10.2 Å². The Morgan fingerprint density at radius 3 is 2.58 bits per heavy atom. The van der Waals surface area contributed by atoms with Gasteiger partial charge in [-0.05, 0) is 54.2 Å². The maximum Gasteiger partial charge on any atom is 0.253 e. The summed E-state index contributed by atoms with van der Waals surface area (Å²) in [7, 11) is 3.47. The minimum absolute atomic E-state index is 0.0195. The zero-order chi connectivity index (χ0) is 18.9. The fourth-order valence-corrected chi connectivity index (χ4v) is 3.42. The number of nitrogens with one attached hydrogen (secondary N) is 2. The van der Waals surface area contributed by atoms with E-state index in [4.69, 9.17) is 23.8 Å². The summed E-state index contributed by atoms with van der Waals surface area (Å²) >= 11 is 13.1. The summed E-state index contributed by atoms with van der Waals surface area (Å²) in [5.41, 5.74) is 2.72. The maximum absolute atomic E-state index is 11.9. The molecule has 0 aliphatic rings. The van der Waals surface area contributed by atoms with Crippen LogP contribution in [-0.2, 0) is 5.75 Å². The lowest BCUT2D eigenvalue weighted by Gasteiger charge is -2.12. The van der Waals surface area contributed by atoms with Gasteiger partial charge < -0.3 is 15.5 Å². The zero-order valence-corrected chi connectivity index (χ0v) is 17.2. The molecule has 2 aromatic carbocycles. The van der Waals surface area contributed by atoms with Crippen LogP contribution in [0, 0.1) is 0 Å². The largest absolute Gasteiger partial charge is 0.362 e. The highest BCUT2D eigenvalue weighted by Gasteiger charge is 2.07. The van der Waals surface area contributed by atoms with Gasteiger partial charge >= 0.3 is 0 Å². The Bertz CT molecular complexity index is 751. The summed E-state index contributed by atoms with van der Waals surface area (Å²) in [6, 6.07) is 15.2. The minimum atomic E-state index is -0.0195. The Balaban J connectivity index is 1.68. The molecule has 7 heteroatoms. The van der Waals surface area contributed by atoms with Gasteiger partial charge in [0.25, 0.3) is 5.91 Å². The van der Waals surface area contributed by atoms with Crippen molar-refractivity contribution >= 4 is 52.3 Å². The topological polar surface area (TPSA) is 44.4 Å². The first kappa shape index (κ1) is 20.6. The van der Waals surface area contributed by atoms with E-state index in [1.807, 2.05) is 42.1 Å². The van der Waals surface area contributed by atoms with Gasteiger partial charge in [-0.1, -0.05) is 23.7 Å². The lowest BCUT2D eigenvalue weighted by molar-refractivity contribution is 0.0827. The molecule has 0 aliphatic heterocycles. The number of rotatable bonds is 7. The summed E-state index contributed by atoms with van der Waals surface area (Å²) in [6.45, 7) is 0.772. The van der Waals surface area contributed by atoms with Gasteiger partial charge in [0.05, 0.1) is 0 Å². The van der Waals surface area contributed by atoms with Crippen molar-refractivity contribution in [1.29, 1.82) is 0 Å².